The van der Waals surface area contributed by atoms with Crippen molar-refractivity contribution in [2.24, 2.45) is 5.10 Å². The molecule has 11 heteroatoms. The molecule has 0 spiro atoms. The first-order valence-electron chi connectivity index (χ1n) is 6.45. The summed E-state index contributed by atoms with van der Waals surface area (Å²) in [6.07, 6.45) is 0.973. The van der Waals surface area contributed by atoms with E-state index in [0.717, 1.165) is 12.3 Å². The highest BCUT2D eigenvalue weighted by atomic mass is 35.5. The molecule has 3 N–H and O–H groups in total. The second kappa shape index (κ2) is 7.57. The molecule has 0 radical (unpaired) electrons. The van der Waals surface area contributed by atoms with E-state index in [0.29, 0.717) is 0 Å². The number of rotatable bonds is 5. The van der Waals surface area contributed by atoms with Gasteiger partial charge >= 0.3 is 0 Å². The second-order valence-corrected chi connectivity index (χ2v) is 7.46. The van der Waals surface area contributed by atoms with Gasteiger partial charge in [0.1, 0.15) is 21.4 Å². The number of sulfonamides is 1. The molecule has 0 amide bonds. The molecule has 2 aromatic carbocycles. The molecule has 7 nitrogen and oxygen atoms in total. The molecule has 0 aliphatic carbocycles. The van der Waals surface area contributed by atoms with Crippen molar-refractivity contribution in [2.75, 3.05) is 7.11 Å². The van der Waals surface area contributed by atoms with E-state index in [2.05, 4.69) is 5.10 Å². The van der Waals surface area contributed by atoms with Gasteiger partial charge in [-0.05, 0) is 24.3 Å². The fourth-order valence-electron chi connectivity index (χ4n) is 1.79. The highest BCUT2D eigenvalue weighted by Crippen LogP contribution is 2.40. The minimum atomic E-state index is -4.09. The van der Waals surface area contributed by atoms with Gasteiger partial charge in [-0.15, -0.1) is 0 Å². The lowest BCUT2D eigenvalue weighted by Crippen LogP contribution is -2.19. The number of hydrazone groups is 1. The third-order valence-corrected chi connectivity index (χ3v) is 5.11. The Hall–Kier alpha value is -1.87. The summed E-state index contributed by atoms with van der Waals surface area (Å²) < 4.78 is 29.6. The second-order valence-electron chi connectivity index (χ2n) is 4.61. The summed E-state index contributed by atoms with van der Waals surface area (Å²) in [6.45, 7) is 0. The molecule has 0 saturated carbocycles. The van der Waals surface area contributed by atoms with Crippen molar-refractivity contribution in [3.8, 4) is 17.2 Å². The monoisotopic (exact) mass is 424 g/mol. The molecule has 2 rings (SSSR count). The van der Waals surface area contributed by atoms with Crippen molar-refractivity contribution in [2.45, 2.75) is 4.90 Å². The molecular formula is C14H11Cl3N2O5S. The van der Waals surface area contributed by atoms with Gasteiger partial charge in [0.05, 0.1) is 18.3 Å². The van der Waals surface area contributed by atoms with Gasteiger partial charge in [-0.3, -0.25) is 0 Å². The van der Waals surface area contributed by atoms with Crippen LogP contribution in [0.1, 0.15) is 5.56 Å². The number of benzene rings is 2. The van der Waals surface area contributed by atoms with Gasteiger partial charge in [-0.25, -0.2) is 0 Å². The van der Waals surface area contributed by atoms with Crippen molar-refractivity contribution in [3.63, 3.8) is 0 Å². The summed E-state index contributed by atoms with van der Waals surface area (Å²) in [5.41, 5.74) is -0.00596. The Morgan fingerprint density at radius 2 is 1.84 bits per heavy atom. The molecule has 134 valence electrons. The van der Waals surface area contributed by atoms with Gasteiger partial charge in [-0.1, -0.05) is 34.8 Å². The van der Waals surface area contributed by atoms with Crippen molar-refractivity contribution in [1.82, 2.24) is 4.83 Å². The Kier molecular flexibility index (Phi) is 5.89. The molecule has 0 fully saturated rings. The van der Waals surface area contributed by atoms with Crippen LogP contribution in [0.4, 0.5) is 0 Å². The predicted octanol–water partition coefficient (Wildman–Crippen LogP) is 3.38. The van der Waals surface area contributed by atoms with E-state index in [1.165, 1.54) is 25.3 Å². The number of aromatic hydroxyl groups is 2. The minimum Gasteiger partial charge on any atom is -0.506 e. The van der Waals surface area contributed by atoms with Gasteiger partial charge in [0, 0.05) is 10.6 Å². The van der Waals surface area contributed by atoms with Crippen LogP contribution in [-0.2, 0) is 10.0 Å². The zero-order valence-corrected chi connectivity index (χ0v) is 15.6. The topological polar surface area (TPSA) is 108 Å². The lowest BCUT2D eigenvalue weighted by Gasteiger charge is -2.09. The number of nitrogens with one attached hydrogen (secondary N) is 1. The van der Waals surface area contributed by atoms with E-state index in [4.69, 9.17) is 39.5 Å². The molecule has 2 aromatic rings. The molecular weight excluding hydrogens is 415 g/mol. The average Bonchev–Trinajstić information content (AvgIpc) is 2.57. The molecule has 0 aromatic heterocycles. The maximum Gasteiger partial charge on any atom is 0.280 e. The molecule has 0 heterocycles. The van der Waals surface area contributed by atoms with Crippen LogP contribution in [0, 0.1) is 0 Å². The lowest BCUT2D eigenvalue weighted by atomic mass is 10.2. The van der Waals surface area contributed by atoms with Crippen molar-refractivity contribution < 1.29 is 23.4 Å². The number of halogens is 3. The van der Waals surface area contributed by atoms with E-state index >= 15 is 0 Å². The smallest absolute Gasteiger partial charge is 0.280 e. The average molecular weight is 426 g/mol. The summed E-state index contributed by atoms with van der Waals surface area (Å²) in [6, 6.07) is 5.23. The number of phenolic OH excluding ortho intramolecular Hbond substituents is 2. The van der Waals surface area contributed by atoms with E-state index in [-0.39, 0.29) is 31.3 Å². The molecule has 0 bridgehead atoms. The number of nitrogens with zero attached hydrogens (tertiary/aromatic N) is 1. The van der Waals surface area contributed by atoms with Crippen LogP contribution in [0.25, 0.3) is 0 Å². The fraction of sp³-hybridized carbons (Fsp3) is 0.0714. The largest absolute Gasteiger partial charge is 0.506 e. The van der Waals surface area contributed by atoms with Crippen molar-refractivity contribution in [1.29, 1.82) is 0 Å². The molecule has 25 heavy (non-hydrogen) atoms. The number of methoxy groups -OCH3 is 1. The van der Waals surface area contributed by atoms with E-state index in [1.807, 2.05) is 4.83 Å². The summed E-state index contributed by atoms with van der Waals surface area (Å²) in [7, 11) is -2.78. The van der Waals surface area contributed by atoms with E-state index < -0.39 is 21.5 Å². The third kappa shape index (κ3) is 4.21. The van der Waals surface area contributed by atoms with Crippen molar-refractivity contribution in [3.05, 3.63) is 44.9 Å². The first-order valence-corrected chi connectivity index (χ1v) is 9.07. The summed E-state index contributed by atoms with van der Waals surface area (Å²) in [5, 5.41) is 22.5. The van der Waals surface area contributed by atoms with Gasteiger partial charge in [-0.2, -0.15) is 18.4 Å². The zero-order valence-electron chi connectivity index (χ0n) is 12.5. The quantitative estimate of drug-likeness (QED) is 0.503. The highest BCUT2D eigenvalue weighted by molar-refractivity contribution is 7.89. The Labute approximate surface area is 158 Å². The number of hydrogen-bond donors (Lipinski definition) is 3. The minimum absolute atomic E-state index is 0.00596. The molecule has 0 unspecified atom stereocenters. The third-order valence-electron chi connectivity index (χ3n) is 2.99. The summed E-state index contributed by atoms with van der Waals surface area (Å²) in [4.78, 5) is 1.73. The Bertz CT molecular complexity index is 948. The maximum atomic E-state index is 12.3. The van der Waals surface area contributed by atoms with Gasteiger partial charge in [0.2, 0.25) is 0 Å². The standard InChI is InChI=1S/C14H11Cl3N2O5S/c1-24-10-3-2-8(15)5-11(10)25(22,23)19-18-6-7-4-9(16)14(21)12(17)13(7)20/h2-6,19-21H,1H3/b18-6+. The molecule has 0 saturated heterocycles. The van der Waals surface area contributed by atoms with Crippen LogP contribution in [0.5, 0.6) is 17.2 Å². The number of ether oxygens (including phenoxy) is 1. The SMILES string of the molecule is COc1ccc(Cl)cc1S(=O)(=O)N/N=C/c1cc(Cl)c(O)c(Cl)c1O. The fourth-order valence-corrected chi connectivity index (χ4v) is 3.49. The zero-order chi connectivity index (χ0) is 18.8. The van der Waals surface area contributed by atoms with Crippen LogP contribution in [0.3, 0.4) is 0 Å². The summed E-state index contributed by atoms with van der Waals surface area (Å²) >= 11 is 17.2. The van der Waals surface area contributed by atoms with Crippen LogP contribution in [-0.4, -0.2) is 32.0 Å². The number of hydrogen-bond acceptors (Lipinski definition) is 6. The van der Waals surface area contributed by atoms with Crippen LogP contribution >= 0.6 is 34.8 Å². The Morgan fingerprint density at radius 1 is 1.16 bits per heavy atom. The van der Waals surface area contributed by atoms with Gasteiger partial charge in [0.15, 0.2) is 5.75 Å². The van der Waals surface area contributed by atoms with Crippen LogP contribution in [0.2, 0.25) is 15.1 Å². The van der Waals surface area contributed by atoms with Gasteiger partial charge < -0.3 is 14.9 Å². The van der Waals surface area contributed by atoms with E-state index in [9.17, 15) is 18.6 Å². The normalized spacial score (nSPS) is 11.7. The van der Waals surface area contributed by atoms with Gasteiger partial charge in [0.25, 0.3) is 10.0 Å². The van der Waals surface area contributed by atoms with Crippen LogP contribution in [0.15, 0.2) is 34.3 Å². The lowest BCUT2D eigenvalue weighted by molar-refractivity contribution is 0.402. The maximum absolute atomic E-state index is 12.3. The first kappa shape index (κ1) is 19.5. The number of phenols is 2. The Balaban J connectivity index is 2.32. The molecule has 0 atom stereocenters. The van der Waals surface area contributed by atoms with E-state index in [1.54, 1.807) is 0 Å². The van der Waals surface area contributed by atoms with Crippen molar-refractivity contribution >= 4 is 51.0 Å². The molecule has 0 aliphatic heterocycles. The van der Waals surface area contributed by atoms with Crippen LogP contribution < -0.4 is 9.57 Å². The Morgan fingerprint density at radius 3 is 2.48 bits per heavy atom. The highest BCUT2D eigenvalue weighted by Gasteiger charge is 2.19. The molecule has 0 aliphatic rings. The summed E-state index contributed by atoms with van der Waals surface area (Å²) in [5.74, 6) is -0.931. The first-order chi connectivity index (χ1) is 11.7. The predicted molar refractivity (Wildman–Crippen MR) is 95.7 cm³/mol.